The van der Waals surface area contributed by atoms with Crippen molar-refractivity contribution in [1.29, 1.82) is 0 Å². The van der Waals surface area contributed by atoms with E-state index in [2.05, 4.69) is 9.80 Å². The number of aliphatic hydroxyl groups excluding tert-OH is 1. The van der Waals surface area contributed by atoms with E-state index in [0.717, 1.165) is 19.5 Å². The molecule has 2 aliphatic heterocycles. The molecule has 1 atom stereocenters. The summed E-state index contributed by atoms with van der Waals surface area (Å²) in [7, 11) is 0. The molecule has 0 bridgehead atoms. The Labute approximate surface area is 117 Å². The maximum absolute atomic E-state index is 9.84. The highest BCUT2D eigenvalue weighted by atomic mass is 16.6. The summed E-state index contributed by atoms with van der Waals surface area (Å²) in [6, 6.07) is 0. The van der Waals surface area contributed by atoms with E-state index < -0.39 is 6.29 Å². The third-order valence-corrected chi connectivity index (χ3v) is 4.31. The average Bonchev–Trinajstić information content (AvgIpc) is 2.47. The Morgan fingerprint density at radius 1 is 0.789 bits per heavy atom. The highest BCUT2D eigenvalue weighted by molar-refractivity contribution is 4.66. The first-order chi connectivity index (χ1) is 9.34. The number of hydrogen-bond donors (Lipinski definition) is 1. The summed E-state index contributed by atoms with van der Waals surface area (Å²) in [5.74, 6) is 0. The van der Waals surface area contributed by atoms with Crippen LogP contribution in [0, 0.1) is 0 Å². The van der Waals surface area contributed by atoms with Gasteiger partial charge in [0.05, 0.1) is 6.61 Å². The molecule has 0 radical (unpaired) electrons. The Hall–Kier alpha value is -0.160. The molecular formula is C15H30N2O2. The number of hydrogen-bond acceptors (Lipinski definition) is 4. The smallest absolute Gasteiger partial charge is 0.155 e. The van der Waals surface area contributed by atoms with Gasteiger partial charge in [0.1, 0.15) is 0 Å². The number of piperidine rings is 2. The van der Waals surface area contributed by atoms with Gasteiger partial charge in [0.2, 0.25) is 0 Å². The molecule has 2 fully saturated rings. The fourth-order valence-electron chi connectivity index (χ4n) is 3.06. The van der Waals surface area contributed by atoms with E-state index in [-0.39, 0.29) is 0 Å². The second kappa shape index (κ2) is 8.90. The van der Waals surface area contributed by atoms with Gasteiger partial charge in [-0.25, -0.2) is 0 Å². The van der Waals surface area contributed by atoms with Gasteiger partial charge < -0.3 is 19.6 Å². The molecule has 2 saturated heterocycles. The summed E-state index contributed by atoms with van der Waals surface area (Å²) in [6.07, 6.45) is 8.17. The molecule has 112 valence electrons. The number of ether oxygens (including phenoxy) is 1. The van der Waals surface area contributed by atoms with Crippen molar-refractivity contribution >= 4 is 0 Å². The van der Waals surface area contributed by atoms with E-state index in [1.165, 1.54) is 64.7 Å². The normalized spacial score (nSPS) is 24.5. The van der Waals surface area contributed by atoms with Crippen molar-refractivity contribution in [2.24, 2.45) is 0 Å². The van der Waals surface area contributed by atoms with Crippen molar-refractivity contribution in [3.63, 3.8) is 0 Å². The first-order valence-electron chi connectivity index (χ1n) is 8.09. The first-order valence-corrected chi connectivity index (χ1v) is 8.09. The summed E-state index contributed by atoms with van der Waals surface area (Å²) in [4.78, 5) is 4.89. The van der Waals surface area contributed by atoms with Crippen molar-refractivity contribution in [2.75, 3.05) is 45.9 Å². The van der Waals surface area contributed by atoms with Crippen LogP contribution in [0.15, 0.2) is 0 Å². The predicted molar refractivity (Wildman–Crippen MR) is 77.2 cm³/mol. The molecule has 4 nitrogen and oxygen atoms in total. The Bertz CT molecular complexity index is 226. The highest BCUT2D eigenvalue weighted by Gasteiger charge is 2.13. The minimum atomic E-state index is -0.577. The third-order valence-electron chi connectivity index (χ3n) is 4.31. The summed E-state index contributed by atoms with van der Waals surface area (Å²) < 4.78 is 5.52. The molecule has 0 aromatic rings. The van der Waals surface area contributed by atoms with Crippen LogP contribution < -0.4 is 0 Å². The maximum atomic E-state index is 9.84. The van der Waals surface area contributed by atoms with Crippen LogP contribution in [0.5, 0.6) is 0 Å². The molecule has 0 aliphatic carbocycles. The third kappa shape index (κ3) is 6.21. The first kappa shape index (κ1) is 15.2. The Morgan fingerprint density at radius 2 is 1.32 bits per heavy atom. The van der Waals surface area contributed by atoms with Gasteiger partial charge in [-0.3, -0.25) is 0 Å². The summed E-state index contributed by atoms with van der Waals surface area (Å²) >= 11 is 0. The van der Waals surface area contributed by atoms with Gasteiger partial charge in [0, 0.05) is 19.5 Å². The maximum Gasteiger partial charge on any atom is 0.155 e. The monoisotopic (exact) mass is 270 g/mol. The second-order valence-corrected chi connectivity index (χ2v) is 5.92. The van der Waals surface area contributed by atoms with Crippen LogP contribution in [-0.4, -0.2) is 67.1 Å². The molecule has 0 spiro atoms. The Balaban J connectivity index is 1.47. The molecule has 19 heavy (non-hydrogen) atoms. The van der Waals surface area contributed by atoms with E-state index in [0.29, 0.717) is 6.61 Å². The van der Waals surface area contributed by atoms with Gasteiger partial charge in [-0.1, -0.05) is 12.8 Å². The Morgan fingerprint density at radius 3 is 1.89 bits per heavy atom. The molecule has 2 rings (SSSR count). The summed E-state index contributed by atoms with van der Waals surface area (Å²) in [5, 5.41) is 9.84. The minimum Gasteiger partial charge on any atom is -0.368 e. The number of likely N-dealkylation sites (tertiary alicyclic amines) is 2. The lowest BCUT2D eigenvalue weighted by Crippen LogP contribution is -2.35. The van der Waals surface area contributed by atoms with Crippen molar-refractivity contribution in [1.82, 2.24) is 9.80 Å². The van der Waals surface area contributed by atoms with E-state index in [1.54, 1.807) is 0 Å². The van der Waals surface area contributed by atoms with Crippen LogP contribution in [0.1, 0.15) is 44.9 Å². The fourth-order valence-corrected chi connectivity index (χ4v) is 3.06. The number of rotatable bonds is 7. The van der Waals surface area contributed by atoms with Crippen LogP contribution in [-0.2, 0) is 4.74 Å². The van der Waals surface area contributed by atoms with Crippen LogP contribution in [0.2, 0.25) is 0 Å². The summed E-state index contributed by atoms with van der Waals surface area (Å²) in [6.45, 7) is 7.41. The minimum absolute atomic E-state index is 0.577. The molecule has 2 heterocycles. The van der Waals surface area contributed by atoms with E-state index in [4.69, 9.17) is 4.74 Å². The standard InChI is InChI=1S/C15H30N2O2/c18-15(7-12-16-8-3-1-4-9-16)19-14-13-17-10-5-2-6-11-17/h15,18H,1-14H2. The SMILES string of the molecule is OC(CCN1CCCCC1)OCCN1CCCCC1. The topological polar surface area (TPSA) is 35.9 Å². The molecular weight excluding hydrogens is 240 g/mol. The van der Waals surface area contributed by atoms with Crippen LogP contribution in [0.25, 0.3) is 0 Å². The molecule has 0 aromatic heterocycles. The van der Waals surface area contributed by atoms with Crippen molar-refractivity contribution in [3.8, 4) is 0 Å². The van der Waals surface area contributed by atoms with E-state index >= 15 is 0 Å². The lowest BCUT2D eigenvalue weighted by Gasteiger charge is -2.28. The van der Waals surface area contributed by atoms with Crippen molar-refractivity contribution in [2.45, 2.75) is 51.2 Å². The van der Waals surface area contributed by atoms with E-state index in [9.17, 15) is 5.11 Å². The molecule has 0 aromatic carbocycles. The van der Waals surface area contributed by atoms with Gasteiger partial charge in [0.15, 0.2) is 6.29 Å². The van der Waals surface area contributed by atoms with Gasteiger partial charge in [-0.05, 0) is 51.9 Å². The fraction of sp³-hybridized carbons (Fsp3) is 1.00. The number of aliphatic hydroxyl groups is 1. The molecule has 0 saturated carbocycles. The highest BCUT2D eigenvalue weighted by Crippen LogP contribution is 2.10. The van der Waals surface area contributed by atoms with Crippen molar-refractivity contribution < 1.29 is 9.84 Å². The van der Waals surface area contributed by atoms with Crippen LogP contribution in [0.4, 0.5) is 0 Å². The van der Waals surface area contributed by atoms with Gasteiger partial charge in [-0.2, -0.15) is 0 Å². The zero-order chi connectivity index (χ0) is 13.3. The largest absolute Gasteiger partial charge is 0.368 e. The second-order valence-electron chi connectivity index (χ2n) is 5.92. The van der Waals surface area contributed by atoms with E-state index in [1.807, 2.05) is 0 Å². The van der Waals surface area contributed by atoms with Crippen LogP contribution in [0.3, 0.4) is 0 Å². The van der Waals surface area contributed by atoms with Gasteiger partial charge >= 0.3 is 0 Å². The average molecular weight is 270 g/mol. The van der Waals surface area contributed by atoms with Crippen molar-refractivity contribution in [3.05, 3.63) is 0 Å². The Kier molecular flexibility index (Phi) is 7.14. The summed E-state index contributed by atoms with van der Waals surface area (Å²) in [5.41, 5.74) is 0. The lowest BCUT2D eigenvalue weighted by molar-refractivity contribution is -0.110. The lowest BCUT2D eigenvalue weighted by atomic mass is 10.1. The molecule has 0 amide bonds. The zero-order valence-electron chi connectivity index (χ0n) is 12.2. The molecule has 1 N–H and O–H groups in total. The molecule has 4 heteroatoms. The number of nitrogens with zero attached hydrogens (tertiary/aromatic N) is 2. The predicted octanol–water partition coefficient (Wildman–Crippen LogP) is 1.68. The quantitative estimate of drug-likeness (QED) is 0.714. The zero-order valence-corrected chi connectivity index (χ0v) is 12.2. The molecule has 2 aliphatic rings. The van der Waals surface area contributed by atoms with Crippen LogP contribution >= 0.6 is 0 Å². The molecule has 1 unspecified atom stereocenters. The van der Waals surface area contributed by atoms with Gasteiger partial charge in [0.25, 0.3) is 0 Å². The van der Waals surface area contributed by atoms with Gasteiger partial charge in [-0.15, -0.1) is 0 Å².